The van der Waals surface area contributed by atoms with Crippen LogP contribution in [0.15, 0.2) is 18.2 Å². The van der Waals surface area contributed by atoms with Crippen molar-refractivity contribution in [2.24, 2.45) is 5.92 Å². The SMILES string of the molecule is O=C1CCC(N2C(=O)c3cccc(CN[C@@H]4[C@H]5CN[C@@H]4C5)c3C2=O)C(=O)N1. The Morgan fingerprint density at radius 2 is 2.00 bits per heavy atom. The topological polar surface area (TPSA) is 108 Å². The van der Waals surface area contributed by atoms with E-state index in [1.54, 1.807) is 12.1 Å². The van der Waals surface area contributed by atoms with E-state index >= 15 is 0 Å². The van der Waals surface area contributed by atoms with E-state index in [2.05, 4.69) is 16.0 Å². The molecule has 140 valence electrons. The molecule has 1 aromatic carbocycles. The summed E-state index contributed by atoms with van der Waals surface area (Å²) in [5.74, 6) is -1.24. The summed E-state index contributed by atoms with van der Waals surface area (Å²) >= 11 is 0. The summed E-state index contributed by atoms with van der Waals surface area (Å²) in [6.45, 7) is 1.53. The van der Waals surface area contributed by atoms with E-state index in [-0.39, 0.29) is 18.7 Å². The van der Waals surface area contributed by atoms with E-state index in [0.29, 0.717) is 35.7 Å². The lowest BCUT2D eigenvalue weighted by Gasteiger charge is -2.35. The molecule has 1 aliphatic carbocycles. The van der Waals surface area contributed by atoms with E-state index in [1.165, 1.54) is 6.42 Å². The van der Waals surface area contributed by atoms with Crippen molar-refractivity contribution in [3.05, 3.63) is 34.9 Å². The predicted molar refractivity (Wildman–Crippen MR) is 93.6 cm³/mol. The van der Waals surface area contributed by atoms with Gasteiger partial charge in [-0.2, -0.15) is 0 Å². The zero-order valence-corrected chi connectivity index (χ0v) is 14.7. The number of hydrogen-bond acceptors (Lipinski definition) is 6. The Labute approximate surface area is 155 Å². The van der Waals surface area contributed by atoms with E-state index in [1.807, 2.05) is 6.07 Å². The number of nitrogens with one attached hydrogen (secondary N) is 3. The van der Waals surface area contributed by atoms with Gasteiger partial charge in [0, 0.05) is 25.0 Å². The van der Waals surface area contributed by atoms with Gasteiger partial charge in [0.05, 0.1) is 11.1 Å². The third-order valence-electron chi connectivity index (χ3n) is 6.22. The molecule has 5 aliphatic rings. The maximum Gasteiger partial charge on any atom is 0.262 e. The quantitative estimate of drug-likeness (QED) is 0.621. The molecule has 4 heterocycles. The lowest BCUT2D eigenvalue weighted by Crippen LogP contribution is -2.54. The van der Waals surface area contributed by atoms with Gasteiger partial charge < -0.3 is 10.6 Å². The van der Waals surface area contributed by atoms with Gasteiger partial charge in [-0.25, -0.2) is 0 Å². The van der Waals surface area contributed by atoms with Crippen LogP contribution in [-0.2, 0) is 16.1 Å². The molecule has 0 spiro atoms. The molecule has 8 heteroatoms. The zero-order chi connectivity index (χ0) is 18.7. The van der Waals surface area contributed by atoms with Gasteiger partial charge in [0.15, 0.2) is 0 Å². The van der Waals surface area contributed by atoms with Crippen molar-refractivity contribution in [1.82, 2.24) is 20.9 Å². The fourth-order valence-corrected chi connectivity index (χ4v) is 4.74. The molecular weight excluding hydrogens is 348 g/mol. The van der Waals surface area contributed by atoms with Crippen molar-refractivity contribution in [1.29, 1.82) is 0 Å². The Hall–Kier alpha value is -2.58. The summed E-state index contributed by atoms with van der Waals surface area (Å²) in [6.07, 6.45) is 1.47. The normalized spacial score (nSPS) is 31.8. The standard InChI is InChI=1S/C19H20N4O4/c24-14-5-4-13(17(25)22-14)23-18(26)11-3-1-2-9(15(11)19(23)27)7-21-16-10-6-12(16)20-8-10/h1-3,10,12-13,16,20-21H,4-8H2,(H,22,24,25)/t10-,12-,13?,16-/m1/s1. The van der Waals surface area contributed by atoms with Crippen LogP contribution in [0.1, 0.15) is 45.5 Å². The molecule has 27 heavy (non-hydrogen) atoms. The fourth-order valence-electron chi connectivity index (χ4n) is 4.74. The van der Waals surface area contributed by atoms with Gasteiger partial charge in [-0.15, -0.1) is 0 Å². The number of piperidine rings is 1. The van der Waals surface area contributed by atoms with Crippen molar-refractivity contribution in [2.45, 2.75) is 43.9 Å². The third kappa shape index (κ3) is 2.44. The number of imide groups is 2. The van der Waals surface area contributed by atoms with Gasteiger partial charge in [-0.05, 0) is 36.9 Å². The molecule has 3 saturated heterocycles. The number of hydrogen-bond donors (Lipinski definition) is 3. The molecule has 6 rings (SSSR count). The Morgan fingerprint density at radius 3 is 2.70 bits per heavy atom. The number of nitrogens with zero attached hydrogens (tertiary/aromatic N) is 1. The summed E-state index contributed by atoms with van der Waals surface area (Å²) in [7, 11) is 0. The van der Waals surface area contributed by atoms with Crippen LogP contribution in [-0.4, -0.2) is 53.2 Å². The van der Waals surface area contributed by atoms with Gasteiger partial charge in [0.25, 0.3) is 11.8 Å². The predicted octanol–water partition coefficient (Wildman–Crippen LogP) is -0.462. The maximum atomic E-state index is 13.0. The van der Waals surface area contributed by atoms with Crippen molar-refractivity contribution in [2.75, 3.05) is 6.54 Å². The van der Waals surface area contributed by atoms with Gasteiger partial charge in [0.1, 0.15) is 6.04 Å². The molecule has 4 atom stereocenters. The van der Waals surface area contributed by atoms with Crippen molar-refractivity contribution < 1.29 is 19.2 Å². The van der Waals surface area contributed by atoms with Crippen LogP contribution < -0.4 is 16.0 Å². The first-order valence-corrected chi connectivity index (χ1v) is 9.35. The summed E-state index contributed by atoms with van der Waals surface area (Å²) in [6, 6.07) is 5.20. The van der Waals surface area contributed by atoms with Crippen LogP contribution in [0.25, 0.3) is 0 Å². The second-order valence-electron chi connectivity index (χ2n) is 7.70. The van der Waals surface area contributed by atoms with Crippen LogP contribution in [0.2, 0.25) is 0 Å². The van der Waals surface area contributed by atoms with Crippen molar-refractivity contribution in [3.63, 3.8) is 0 Å². The lowest BCUT2D eigenvalue weighted by molar-refractivity contribution is -0.136. The summed E-state index contributed by atoms with van der Waals surface area (Å²) in [5, 5.41) is 9.16. The Morgan fingerprint density at radius 1 is 1.15 bits per heavy atom. The molecule has 0 radical (unpaired) electrons. The average Bonchev–Trinajstić information content (AvgIpc) is 3.33. The monoisotopic (exact) mass is 368 g/mol. The van der Waals surface area contributed by atoms with Crippen LogP contribution >= 0.6 is 0 Å². The minimum atomic E-state index is -0.928. The van der Waals surface area contributed by atoms with Gasteiger partial charge in [-0.3, -0.25) is 29.4 Å². The van der Waals surface area contributed by atoms with Crippen LogP contribution in [0.4, 0.5) is 0 Å². The molecule has 4 fully saturated rings. The number of carbonyl (C=O) groups excluding carboxylic acids is 4. The van der Waals surface area contributed by atoms with Gasteiger partial charge >= 0.3 is 0 Å². The highest BCUT2D eigenvalue weighted by Gasteiger charge is 2.47. The first-order chi connectivity index (χ1) is 13.0. The van der Waals surface area contributed by atoms with Crippen molar-refractivity contribution in [3.8, 4) is 0 Å². The summed E-state index contributed by atoms with van der Waals surface area (Å²) < 4.78 is 0. The molecule has 1 saturated carbocycles. The highest BCUT2D eigenvalue weighted by atomic mass is 16.2. The first kappa shape index (κ1) is 16.6. The Bertz CT molecular complexity index is 868. The highest BCUT2D eigenvalue weighted by Crippen LogP contribution is 2.35. The second kappa shape index (κ2) is 5.97. The number of benzene rings is 1. The van der Waals surface area contributed by atoms with Gasteiger partial charge in [-0.1, -0.05) is 12.1 Å². The minimum Gasteiger partial charge on any atom is -0.312 e. The largest absolute Gasteiger partial charge is 0.312 e. The molecule has 4 amide bonds. The third-order valence-corrected chi connectivity index (χ3v) is 6.22. The highest BCUT2D eigenvalue weighted by molar-refractivity contribution is 6.24. The molecule has 8 nitrogen and oxygen atoms in total. The number of carbonyl (C=O) groups is 4. The zero-order valence-electron chi connectivity index (χ0n) is 14.7. The minimum absolute atomic E-state index is 0.121. The molecular formula is C19H20N4O4. The van der Waals surface area contributed by atoms with E-state index in [0.717, 1.165) is 17.0 Å². The van der Waals surface area contributed by atoms with Crippen LogP contribution in [0.3, 0.4) is 0 Å². The second-order valence-corrected chi connectivity index (χ2v) is 7.70. The molecule has 1 unspecified atom stereocenters. The Balaban J connectivity index is 1.39. The smallest absolute Gasteiger partial charge is 0.262 e. The number of fused-ring (bicyclic) bond motifs is 2. The number of amides is 4. The van der Waals surface area contributed by atoms with E-state index < -0.39 is 23.8 Å². The first-order valence-electron chi connectivity index (χ1n) is 9.35. The lowest BCUT2D eigenvalue weighted by atomic mass is 9.80. The molecule has 0 aromatic heterocycles. The summed E-state index contributed by atoms with van der Waals surface area (Å²) in [4.78, 5) is 50.4. The number of rotatable bonds is 4. The molecule has 2 bridgehead atoms. The fraction of sp³-hybridized carbons (Fsp3) is 0.474. The van der Waals surface area contributed by atoms with Crippen LogP contribution in [0.5, 0.6) is 0 Å². The van der Waals surface area contributed by atoms with Crippen molar-refractivity contribution >= 4 is 23.6 Å². The van der Waals surface area contributed by atoms with E-state index in [9.17, 15) is 19.2 Å². The summed E-state index contributed by atoms with van der Waals surface area (Å²) in [5.41, 5.74) is 1.48. The van der Waals surface area contributed by atoms with Crippen LogP contribution in [0, 0.1) is 5.92 Å². The molecule has 3 N–H and O–H groups in total. The average molecular weight is 368 g/mol. The molecule has 1 aromatic rings. The maximum absolute atomic E-state index is 13.0. The van der Waals surface area contributed by atoms with Gasteiger partial charge in [0.2, 0.25) is 11.8 Å². The Kier molecular flexibility index (Phi) is 3.66. The molecule has 4 aliphatic heterocycles. The van der Waals surface area contributed by atoms with E-state index in [4.69, 9.17) is 0 Å².